The first-order chi connectivity index (χ1) is 11.4. The highest BCUT2D eigenvalue weighted by molar-refractivity contribution is 6.33. The fourth-order valence-electron chi connectivity index (χ4n) is 2.95. The average Bonchev–Trinajstić information content (AvgIpc) is 2.98. The van der Waals surface area contributed by atoms with E-state index in [1.165, 1.54) is 0 Å². The van der Waals surface area contributed by atoms with Crippen LogP contribution in [0.15, 0.2) is 4.79 Å². The molecule has 1 unspecified atom stereocenters. The molecule has 0 radical (unpaired) electrons. The summed E-state index contributed by atoms with van der Waals surface area (Å²) < 4.78 is 0. The second-order valence-corrected chi connectivity index (χ2v) is 6.40. The summed E-state index contributed by atoms with van der Waals surface area (Å²) in [4.78, 5) is 24.3. The zero-order valence-corrected chi connectivity index (χ0v) is 14.4. The van der Waals surface area contributed by atoms with Gasteiger partial charge in [0, 0.05) is 19.1 Å². The second-order valence-electron chi connectivity index (χ2n) is 6.02. The van der Waals surface area contributed by atoms with E-state index in [1.807, 2.05) is 13.8 Å². The molecule has 10 heteroatoms. The molecular formula is C14H21ClN8O. The summed E-state index contributed by atoms with van der Waals surface area (Å²) >= 11 is 6.32. The van der Waals surface area contributed by atoms with E-state index in [1.54, 1.807) is 0 Å². The molecule has 0 amide bonds. The number of nitrogens with two attached hydrogens (primary N) is 1. The van der Waals surface area contributed by atoms with E-state index in [0.29, 0.717) is 28.4 Å². The van der Waals surface area contributed by atoms with Crippen molar-refractivity contribution >= 4 is 23.4 Å². The maximum Gasteiger partial charge on any atom is 0.340 e. The number of hydrogen-bond donors (Lipinski definition) is 4. The number of H-pyrrole nitrogens is 2. The Balaban J connectivity index is 1.61. The number of aromatic nitrogens is 5. The van der Waals surface area contributed by atoms with Crippen molar-refractivity contribution in [2.75, 3.05) is 23.7 Å². The Bertz CT molecular complexity index is 764. The highest BCUT2D eigenvalue weighted by atomic mass is 35.5. The average molecular weight is 353 g/mol. The Hall–Kier alpha value is -2.13. The quantitative estimate of drug-likeness (QED) is 0.639. The third-order valence-electron chi connectivity index (χ3n) is 4.23. The van der Waals surface area contributed by atoms with Crippen molar-refractivity contribution in [2.24, 2.45) is 0 Å². The number of hydrogen-bond acceptors (Lipinski definition) is 7. The Morgan fingerprint density at radius 2 is 2.08 bits per heavy atom. The molecule has 3 rings (SSSR count). The molecular weight excluding hydrogens is 332 g/mol. The van der Waals surface area contributed by atoms with E-state index in [0.717, 1.165) is 25.9 Å². The zero-order chi connectivity index (χ0) is 17.3. The van der Waals surface area contributed by atoms with Crippen LogP contribution in [0.3, 0.4) is 0 Å². The molecule has 0 aromatic carbocycles. The maximum absolute atomic E-state index is 11.1. The molecule has 0 aliphatic carbocycles. The molecule has 0 bridgehead atoms. The Labute approximate surface area is 144 Å². The van der Waals surface area contributed by atoms with Crippen molar-refractivity contribution in [1.82, 2.24) is 30.5 Å². The van der Waals surface area contributed by atoms with Crippen LogP contribution in [-0.2, 0) is 0 Å². The van der Waals surface area contributed by atoms with Crippen LogP contribution in [0.4, 0.5) is 11.8 Å². The normalized spacial score (nSPS) is 17.2. The summed E-state index contributed by atoms with van der Waals surface area (Å²) in [6, 6.07) is 0.302. The summed E-state index contributed by atoms with van der Waals surface area (Å²) in [5.41, 5.74) is 6.13. The van der Waals surface area contributed by atoms with Crippen molar-refractivity contribution in [1.29, 1.82) is 0 Å². The minimum atomic E-state index is -0.292. The van der Waals surface area contributed by atoms with Crippen LogP contribution in [0.25, 0.3) is 0 Å². The summed E-state index contributed by atoms with van der Waals surface area (Å²) in [6.45, 7) is 5.43. The summed E-state index contributed by atoms with van der Waals surface area (Å²) in [5.74, 6) is 1.55. The maximum atomic E-state index is 11.1. The van der Waals surface area contributed by atoms with E-state index in [-0.39, 0.29) is 17.7 Å². The Morgan fingerprint density at radius 1 is 1.38 bits per heavy atom. The van der Waals surface area contributed by atoms with Gasteiger partial charge in [0.1, 0.15) is 10.8 Å². The first kappa shape index (κ1) is 16.7. The van der Waals surface area contributed by atoms with Crippen molar-refractivity contribution in [3.05, 3.63) is 27.0 Å². The molecule has 2 aromatic rings. The van der Waals surface area contributed by atoms with Crippen molar-refractivity contribution in [3.8, 4) is 0 Å². The number of nitrogens with one attached hydrogen (secondary N) is 3. The molecule has 5 N–H and O–H groups in total. The lowest BCUT2D eigenvalue weighted by Gasteiger charge is -2.34. The first-order valence-electron chi connectivity index (χ1n) is 7.89. The third-order valence-corrected chi connectivity index (χ3v) is 4.67. The monoisotopic (exact) mass is 352 g/mol. The standard InChI is InChI=1S/C14H21ClN8O/c1-7-10(15)12(20-13(16)18-7)23-5-3-9(4-6-23)17-8(2)11-19-14(24)22-21-11/h8-9,17H,3-6H2,1-2H3,(H2,16,18,20)(H2,19,21,22,24). The van der Waals surface area contributed by atoms with Gasteiger partial charge in [-0.15, -0.1) is 0 Å². The molecule has 1 fully saturated rings. The fraction of sp³-hybridized carbons (Fsp3) is 0.571. The van der Waals surface area contributed by atoms with E-state index in [9.17, 15) is 4.79 Å². The summed E-state index contributed by atoms with van der Waals surface area (Å²) in [7, 11) is 0. The molecule has 3 heterocycles. The molecule has 2 aromatic heterocycles. The van der Waals surface area contributed by atoms with Crippen molar-refractivity contribution in [3.63, 3.8) is 0 Å². The largest absolute Gasteiger partial charge is 0.368 e. The van der Waals surface area contributed by atoms with Crippen LogP contribution in [0.2, 0.25) is 5.02 Å². The van der Waals surface area contributed by atoms with Gasteiger partial charge in [-0.2, -0.15) is 10.1 Å². The Kier molecular flexibility index (Phi) is 4.72. The van der Waals surface area contributed by atoms with Gasteiger partial charge in [-0.05, 0) is 26.7 Å². The molecule has 24 heavy (non-hydrogen) atoms. The van der Waals surface area contributed by atoms with Crippen LogP contribution in [0.5, 0.6) is 0 Å². The van der Waals surface area contributed by atoms with Crippen molar-refractivity contribution in [2.45, 2.75) is 38.8 Å². The van der Waals surface area contributed by atoms with E-state index >= 15 is 0 Å². The van der Waals surface area contributed by atoms with Gasteiger partial charge >= 0.3 is 5.69 Å². The third kappa shape index (κ3) is 3.51. The molecule has 1 atom stereocenters. The minimum Gasteiger partial charge on any atom is -0.368 e. The highest BCUT2D eigenvalue weighted by Gasteiger charge is 2.24. The van der Waals surface area contributed by atoms with E-state index in [2.05, 4.69) is 35.4 Å². The van der Waals surface area contributed by atoms with Gasteiger partial charge in [-0.1, -0.05) is 11.6 Å². The molecule has 9 nitrogen and oxygen atoms in total. The topological polar surface area (TPSA) is 129 Å². The number of aryl methyl sites for hydroxylation is 1. The van der Waals surface area contributed by atoms with Crippen molar-refractivity contribution < 1.29 is 0 Å². The lowest BCUT2D eigenvalue weighted by atomic mass is 10.0. The number of rotatable bonds is 4. The molecule has 130 valence electrons. The predicted molar refractivity (Wildman–Crippen MR) is 92.2 cm³/mol. The Morgan fingerprint density at radius 3 is 2.71 bits per heavy atom. The molecule has 0 saturated carbocycles. The minimum absolute atomic E-state index is 0.0268. The fourth-order valence-corrected chi connectivity index (χ4v) is 3.16. The van der Waals surface area contributed by atoms with Gasteiger partial charge in [0.15, 0.2) is 5.82 Å². The van der Waals surface area contributed by atoms with Gasteiger partial charge in [0.25, 0.3) is 0 Å². The lowest BCUT2D eigenvalue weighted by molar-refractivity contribution is 0.373. The number of nitrogen functional groups attached to an aromatic ring is 1. The SMILES string of the molecule is Cc1nc(N)nc(N2CCC(NC(C)c3n[nH]c(=O)[nH]3)CC2)c1Cl. The smallest absolute Gasteiger partial charge is 0.340 e. The van der Waals surface area contributed by atoms with Gasteiger partial charge in [0.2, 0.25) is 5.95 Å². The van der Waals surface area contributed by atoms with E-state index in [4.69, 9.17) is 17.3 Å². The number of anilines is 2. The van der Waals surface area contributed by atoms with Crippen LogP contribution in [0.1, 0.15) is 37.3 Å². The van der Waals surface area contributed by atoms with E-state index < -0.39 is 0 Å². The number of piperidine rings is 1. The predicted octanol–water partition coefficient (Wildman–Crippen LogP) is 0.752. The molecule has 1 saturated heterocycles. The van der Waals surface area contributed by atoms with Gasteiger partial charge < -0.3 is 16.0 Å². The van der Waals surface area contributed by atoms with Gasteiger partial charge in [0.05, 0.1) is 11.7 Å². The lowest BCUT2D eigenvalue weighted by Crippen LogP contribution is -2.44. The van der Waals surface area contributed by atoms with Crippen LogP contribution in [0, 0.1) is 6.92 Å². The zero-order valence-electron chi connectivity index (χ0n) is 13.6. The first-order valence-corrected chi connectivity index (χ1v) is 8.27. The van der Waals surface area contributed by atoms with Gasteiger partial charge in [-0.25, -0.2) is 14.9 Å². The molecule has 1 aliphatic rings. The van der Waals surface area contributed by atoms with Gasteiger partial charge in [-0.3, -0.25) is 4.98 Å². The molecule has 0 spiro atoms. The van der Waals surface area contributed by atoms with Crippen LogP contribution >= 0.6 is 11.6 Å². The second kappa shape index (κ2) is 6.78. The summed E-state index contributed by atoms with van der Waals surface area (Å²) in [5, 5.41) is 10.4. The number of nitrogens with zero attached hydrogens (tertiary/aromatic N) is 4. The molecule has 1 aliphatic heterocycles. The number of aromatic amines is 2. The highest BCUT2D eigenvalue weighted by Crippen LogP contribution is 2.29. The number of halogens is 1. The van der Waals surface area contributed by atoms with Crippen LogP contribution < -0.4 is 21.6 Å². The summed E-state index contributed by atoms with van der Waals surface area (Å²) in [6.07, 6.45) is 1.86. The van der Waals surface area contributed by atoms with Crippen LogP contribution in [-0.4, -0.2) is 44.3 Å².